The molecular weight excluding hydrogens is 386 g/mol. The first-order chi connectivity index (χ1) is 14.1. The minimum Gasteiger partial charge on any atom is -0.383 e. The minimum absolute atomic E-state index is 0.0342. The smallest absolute Gasteiger partial charge is 0.251 e. The number of nitrogens with zero attached hydrogens (tertiary/aromatic N) is 3. The van der Waals surface area contributed by atoms with Gasteiger partial charge in [0.1, 0.15) is 6.04 Å². The highest BCUT2D eigenvalue weighted by atomic mass is 32.2. The van der Waals surface area contributed by atoms with Gasteiger partial charge in [-0.1, -0.05) is 13.0 Å². The Kier molecular flexibility index (Phi) is 6.66. The largest absolute Gasteiger partial charge is 0.383 e. The van der Waals surface area contributed by atoms with E-state index in [1.165, 1.54) is 0 Å². The van der Waals surface area contributed by atoms with Crippen molar-refractivity contribution in [3.05, 3.63) is 34.2 Å². The Morgan fingerprint density at radius 1 is 1.31 bits per heavy atom. The van der Waals surface area contributed by atoms with E-state index in [0.29, 0.717) is 12.5 Å². The van der Waals surface area contributed by atoms with Crippen molar-refractivity contribution < 1.29 is 9.53 Å². The third-order valence-corrected chi connectivity index (χ3v) is 7.63. The first-order valence-corrected chi connectivity index (χ1v) is 12.1. The van der Waals surface area contributed by atoms with Crippen LogP contribution in [0.1, 0.15) is 43.8 Å². The molecule has 3 aliphatic heterocycles. The van der Waals surface area contributed by atoms with Crippen LogP contribution in [0.3, 0.4) is 0 Å². The third-order valence-electron chi connectivity index (χ3n) is 6.75. The number of carbonyl (C=O) groups excluding carboxylic acids is 1. The highest BCUT2D eigenvalue weighted by Gasteiger charge is 2.46. The van der Waals surface area contributed by atoms with Gasteiger partial charge in [-0.25, -0.2) is 0 Å². The second kappa shape index (κ2) is 9.23. The van der Waals surface area contributed by atoms with Gasteiger partial charge in [0.2, 0.25) is 5.91 Å². The van der Waals surface area contributed by atoms with Crippen LogP contribution in [0.5, 0.6) is 0 Å². The zero-order valence-corrected chi connectivity index (χ0v) is 18.4. The lowest BCUT2D eigenvalue weighted by Gasteiger charge is -2.47. The molecule has 4 heterocycles. The van der Waals surface area contributed by atoms with Gasteiger partial charge < -0.3 is 14.5 Å². The van der Waals surface area contributed by atoms with Gasteiger partial charge >= 0.3 is 0 Å². The number of methoxy groups -OCH3 is 1. The molecule has 3 aliphatic rings. The fourth-order valence-corrected chi connectivity index (χ4v) is 6.20. The Morgan fingerprint density at radius 2 is 2.17 bits per heavy atom. The molecule has 1 aromatic heterocycles. The fourth-order valence-electron chi connectivity index (χ4n) is 5.53. The van der Waals surface area contributed by atoms with Crippen molar-refractivity contribution in [3.63, 3.8) is 0 Å². The Labute approximate surface area is 177 Å². The average molecular weight is 420 g/mol. The number of likely N-dealkylation sites (tertiary alicyclic amines) is 2. The van der Waals surface area contributed by atoms with Gasteiger partial charge in [-0.05, 0) is 31.1 Å². The van der Waals surface area contributed by atoms with Crippen LogP contribution < -0.4 is 5.56 Å². The molecule has 0 spiro atoms. The maximum Gasteiger partial charge on any atom is 0.251 e. The predicted octanol–water partition coefficient (Wildman–Crippen LogP) is 2.20. The van der Waals surface area contributed by atoms with Crippen LogP contribution in [0.2, 0.25) is 0 Å². The standard InChI is InChI=1S/C22H33N3O3S/c1-3-29-11-10-23-13-16-12-17(14-23)21(25-19(16)7-4-8-20(25)26)22(27)24-9-5-6-18(24)15-28-2/h4,7-8,16-18,21H,3,5-6,9-15H2,1-2H3/t16-,17+,18-,21+/m0/s1. The monoisotopic (exact) mass is 419 g/mol. The third kappa shape index (κ3) is 4.14. The second-order valence-corrected chi connectivity index (χ2v) is 9.93. The van der Waals surface area contributed by atoms with Crippen LogP contribution in [0.4, 0.5) is 0 Å². The number of piperidine rings is 1. The Hall–Kier alpha value is -1.31. The van der Waals surface area contributed by atoms with E-state index in [2.05, 4.69) is 17.9 Å². The predicted molar refractivity (Wildman–Crippen MR) is 117 cm³/mol. The Bertz CT molecular complexity index is 783. The molecule has 29 heavy (non-hydrogen) atoms. The fraction of sp³-hybridized carbons (Fsp3) is 0.727. The molecule has 1 amide bonds. The van der Waals surface area contributed by atoms with Crippen LogP contribution in [0.15, 0.2) is 23.0 Å². The minimum atomic E-state index is -0.381. The molecule has 6 nitrogen and oxygen atoms in total. The molecule has 2 bridgehead atoms. The summed E-state index contributed by atoms with van der Waals surface area (Å²) in [5.74, 6) is 2.91. The summed E-state index contributed by atoms with van der Waals surface area (Å²) in [7, 11) is 1.69. The van der Waals surface area contributed by atoms with Gasteiger partial charge in [0.25, 0.3) is 5.56 Å². The van der Waals surface area contributed by atoms with Gasteiger partial charge in [0.05, 0.1) is 12.6 Å². The number of pyridine rings is 1. The van der Waals surface area contributed by atoms with Crippen LogP contribution >= 0.6 is 11.8 Å². The zero-order chi connectivity index (χ0) is 20.4. The average Bonchev–Trinajstić information content (AvgIpc) is 3.17. The van der Waals surface area contributed by atoms with Crippen molar-refractivity contribution in [1.29, 1.82) is 0 Å². The highest BCUT2D eigenvalue weighted by Crippen LogP contribution is 2.42. The molecule has 0 N–H and O–H groups in total. The van der Waals surface area contributed by atoms with Crippen molar-refractivity contribution in [1.82, 2.24) is 14.4 Å². The molecule has 0 aliphatic carbocycles. The molecule has 0 aromatic carbocycles. The lowest BCUT2D eigenvalue weighted by atomic mass is 9.78. The molecule has 2 saturated heterocycles. The summed E-state index contributed by atoms with van der Waals surface area (Å²) < 4.78 is 7.20. The molecule has 2 fully saturated rings. The number of fused-ring (bicyclic) bond motifs is 4. The van der Waals surface area contributed by atoms with Gasteiger partial charge in [0.15, 0.2) is 0 Å². The van der Waals surface area contributed by atoms with E-state index >= 15 is 0 Å². The number of hydrogen-bond donors (Lipinski definition) is 0. The quantitative estimate of drug-likeness (QED) is 0.634. The summed E-state index contributed by atoms with van der Waals surface area (Å²) in [5.41, 5.74) is 1.01. The molecule has 7 heteroatoms. The molecule has 160 valence electrons. The molecule has 4 rings (SSSR count). The van der Waals surface area contributed by atoms with Crippen LogP contribution in [0, 0.1) is 5.92 Å². The van der Waals surface area contributed by atoms with Crippen molar-refractivity contribution in [2.45, 2.75) is 44.2 Å². The van der Waals surface area contributed by atoms with E-state index in [4.69, 9.17) is 4.74 Å². The number of ether oxygens (including phenoxy) is 1. The first kappa shape index (κ1) is 20.9. The van der Waals surface area contributed by atoms with E-state index in [1.807, 2.05) is 27.3 Å². The number of thioether (sulfide) groups is 1. The van der Waals surface area contributed by atoms with Crippen molar-refractivity contribution >= 4 is 17.7 Å². The van der Waals surface area contributed by atoms with Crippen LogP contribution in [-0.4, -0.2) is 77.7 Å². The van der Waals surface area contributed by atoms with E-state index in [0.717, 1.165) is 62.6 Å². The van der Waals surface area contributed by atoms with Crippen molar-refractivity contribution in [3.8, 4) is 0 Å². The molecule has 0 radical (unpaired) electrons. The summed E-state index contributed by atoms with van der Waals surface area (Å²) in [6.07, 6.45) is 2.99. The van der Waals surface area contributed by atoms with Gasteiger partial charge in [-0.2, -0.15) is 11.8 Å². The summed E-state index contributed by atoms with van der Waals surface area (Å²) in [6, 6.07) is 5.27. The van der Waals surface area contributed by atoms with Gasteiger partial charge in [-0.15, -0.1) is 0 Å². The maximum absolute atomic E-state index is 13.8. The molecular formula is C22H33N3O3S. The topological polar surface area (TPSA) is 54.8 Å². The van der Waals surface area contributed by atoms with Crippen LogP contribution in [0.25, 0.3) is 0 Å². The number of amides is 1. The second-order valence-electron chi connectivity index (χ2n) is 8.54. The first-order valence-electron chi connectivity index (χ1n) is 10.9. The van der Waals surface area contributed by atoms with Gasteiger partial charge in [0, 0.05) is 62.6 Å². The Morgan fingerprint density at radius 3 is 2.97 bits per heavy atom. The molecule has 0 saturated carbocycles. The zero-order valence-electron chi connectivity index (χ0n) is 17.6. The maximum atomic E-state index is 13.8. The lowest BCUT2D eigenvalue weighted by molar-refractivity contribution is -0.140. The number of hydrogen-bond acceptors (Lipinski definition) is 5. The van der Waals surface area contributed by atoms with E-state index in [1.54, 1.807) is 13.2 Å². The van der Waals surface area contributed by atoms with E-state index in [9.17, 15) is 9.59 Å². The van der Waals surface area contributed by atoms with Gasteiger partial charge in [-0.3, -0.25) is 14.2 Å². The summed E-state index contributed by atoms with van der Waals surface area (Å²) in [4.78, 5) is 31.1. The lowest BCUT2D eigenvalue weighted by Crippen LogP contribution is -2.55. The van der Waals surface area contributed by atoms with E-state index in [-0.39, 0.29) is 29.5 Å². The SMILES string of the molecule is CCSCCN1C[C@@H]2C[C@H](C1)[C@H](C(=O)N1CCC[C@H]1COC)n1c2cccc1=O. The molecule has 4 atom stereocenters. The van der Waals surface area contributed by atoms with Crippen molar-refractivity contribution in [2.75, 3.05) is 51.4 Å². The normalized spacial score (nSPS) is 29.1. The number of carbonyl (C=O) groups is 1. The Balaban J connectivity index is 1.64. The summed E-state index contributed by atoms with van der Waals surface area (Å²) in [6.45, 7) is 6.48. The molecule has 0 unspecified atom stereocenters. The summed E-state index contributed by atoms with van der Waals surface area (Å²) in [5, 5.41) is 0. The number of aromatic nitrogens is 1. The summed E-state index contributed by atoms with van der Waals surface area (Å²) >= 11 is 1.97. The highest BCUT2D eigenvalue weighted by molar-refractivity contribution is 7.99. The van der Waals surface area contributed by atoms with Crippen LogP contribution in [-0.2, 0) is 9.53 Å². The van der Waals surface area contributed by atoms with E-state index < -0.39 is 0 Å². The van der Waals surface area contributed by atoms with Crippen molar-refractivity contribution in [2.24, 2.45) is 5.92 Å². The number of rotatable bonds is 7. The molecule has 1 aromatic rings.